The van der Waals surface area contributed by atoms with Crippen LogP contribution in [0.1, 0.15) is 5.56 Å². The molecule has 1 atom stereocenters. The fourth-order valence-corrected chi connectivity index (χ4v) is 3.90. The Morgan fingerprint density at radius 2 is 1.96 bits per heavy atom. The lowest BCUT2D eigenvalue weighted by molar-refractivity contribution is -0.117. The van der Waals surface area contributed by atoms with Crippen molar-refractivity contribution in [1.82, 2.24) is 5.32 Å². The second-order valence-electron chi connectivity index (χ2n) is 5.16. The number of carbonyl (C=O) groups excluding carboxylic acids is 1. The maximum absolute atomic E-state index is 12.6. The molecule has 1 aliphatic rings. The van der Waals surface area contributed by atoms with Crippen LogP contribution in [0, 0.1) is 0 Å². The second kappa shape index (κ2) is 7.34. The highest BCUT2D eigenvalue weighted by Crippen LogP contribution is 2.24. The minimum atomic E-state index is -0.296. The maximum atomic E-state index is 12.6. The number of carbonyl (C=O) groups is 1. The number of thiocarbonyl (C=S) groups is 1. The number of nitrogens with one attached hydrogen (secondary N) is 1. The van der Waals surface area contributed by atoms with Gasteiger partial charge in [-0.15, -0.1) is 0 Å². The Hall–Kier alpha value is -1.56. The fraction of sp³-hybridized carbons (Fsp3) is 0.176. The molecular formula is C17H15ClN2OS2. The molecule has 3 nitrogen and oxygen atoms in total. The van der Waals surface area contributed by atoms with E-state index in [1.807, 2.05) is 30.3 Å². The second-order valence-corrected chi connectivity index (χ2v) is 7.01. The Morgan fingerprint density at radius 1 is 1.17 bits per heavy atom. The number of anilines is 1. The average Bonchev–Trinajstić information content (AvgIpc) is 2.82. The lowest BCUT2D eigenvalue weighted by Gasteiger charge is -2.15. The molecule has 1 N–H and O–H groups in total. The monoisotopic (exact) mass is 362 g/mol. The van der Waals surface area contributed by atoms with E-state index in [9.17, 15) is 4.79 Å². The van der Waals surface area contributed by atoms with Crippen molar-refractivity contribution in [1.29, 1.82) is 0 Å². The molecule has 1 fully saturated rings. The van der Waals surface area contributed by atoms with Crippen LogP contribution in [0.4, 0.5) is 5.69 Å². The number of halogens is 1. The first-order valence-corrected chi connectivity index (χ1v) is 9.11. The van der Waals surface area contributed by atoms with Gasteiger partial charge in [0, 0.05) is 16.5 Å². The van der Waals surface area contributed by atoms with Crippen LogP contribution in [0.3, 0.4) is 0 Å². The summed E-state index contributed by atoms with van der Waals surface area (Å²) in [7, 11) is 0. The predicted octanol–water partition coefficient (Wildman–Crippen LogP) is 3.86. The van der Waals surface area contributed by atoms with Crippen LogP contribution < -0.4 is 10.2 Å². The number of hydrogen-bond acceptors (Lipinski definition) is 3. The number of benzene rings is 2. The molecule has 0 saturated carbocycles. The maximum Gasteiger partial charge on any atom is 0.256 e. The van der Waals surface area contributed by atoms with E-state index in [1.165, 1.54) is 10.5 Å². The summed E-state index contributed by atoms with van der Waals surface area (Å²) in [4.78, 5) is 14.1. The molecule has 6 heteroatoms. The highest BCUT2D eigenvalue weighted by atomic mass is 35.5. The highest BCUT2D eigenvalue weighted by molar-refractivity contribution is 7.98. The first-order valence-electron chi connectivity index (χ1n) is 7.17. The number of amides is 1. The summed E-state index contributed by atoms with van der Waals surface area (Å²) in [5.41, 5.74) is 1.95. The van der Waals surface area contributed by atoms with Gasteiger partial charge < -0.3 is 5.32 Å². The van der Waals surface area contributed by atoms with Gasteiger partial charge in [0.2, 0.25) is 0 Å². The van der Waals surface area contributed by atoms with Crippen molar-refractivity contribution in [2.45, 2.75) is 11.8 Å². The first-order chi connectivity index (χ1) is 11.1. The third kappa shape index (κ3) is 3.86. The van der Waals surface area contributed by atoms with E-state index in [1.54, 1.807) is 23.9 Å². The van der Waals surface area contributed by atoms with Crippen molar-refractivity contribution in [3.8, 4) is 0 Å². The minimum absolute atomic E-state index is 0.0298. The summed E-state index contributed by atoms with van der Waals surface area (Å²) in [6.45, 7) is 0. The molecule has 0 spiro atoms. The molecule has 0 aromatic heterocycles. The molecule has 1 aliphatic heterocycles. The molecule has 0 bridgehead atoms. The summed E-state index contributed by atoms with van der Waals surface area (Å²) < 4.78 is 0. The van der Waals surface area contributed by atoms with Gasteiger partial charge in [0.25, 0.3) is 5.91 Å². The normalized spacial score (nSPS) is 17.4. The van der Waals surface area contributed by atoms with Gasteiger partial charge in [0.1, 0.15) is 6.04 Å². The Bertz CT molecular complexity index is 724. The SMILES string of the molecule is O=C1C(CSCc2ccccc2)NC(=S)N1c1cccc(Cl)c1. The van der Waals surface area contributed by atoms with Crippen molar-refractivity contribution in [3.05, 3.63) is 65.2 Å². The fourth-order valence-electron chi connectivity index (χ4n) is 2.37. The smallest absolute Gasteiger partial charge is 0.256 e. The highest BCUT2D eigenvalue weighted by Gasteiger charge is 2.36. The third-order valence-electron chi connectivity index (χ3n) is 3.48. The van der Waals surface area contributed by atoms with Crippen LogP contribution >= 0.6 is 35.6 Å². The van der Waals surface area contributed by atoms with Gasteiger partial charge in [-0.3, -0.25) is 9.69 Å². The Morgan fingerprint density at radius 3 is 2.70 bits per heavy atom. The van der Waals surface area contributed by atoms with Crippen molar-refractivity contribution < 1.29 is 4.79 Å². The lowest BCUT2D eigenvalue weighted by Crippen LogP contribution is -2.32. The zero-order chi connectivity index (χ0) is 16.2. The molecular weight excluding hydrogens is 348 g/mol. The lowest BCUT2D eigenvalue weighted by atomic mass is 10.2. The summed E-state index contributed by atoms with van der Waals surface area (Å²) in [5, 5.41) is 4.12. The number of nitrogens with zero attached hydrogens (tertiary/aromatic N) is 1. The number of thioether (sulfide) groups is 1. The topological polar surface area (TPSA) is 32.3 Å². The molecule has 0 aliphatic carbocycles. The van der Waals surface area contributed by atoms with E-state index in [4.69, 9.17) is 23.8 Å². The van der Waals surface area contributed by atoms with Crippen LogP contribution in [0.2, 0.25) is 5.02 Å². The van der Waals surface area contributed by atoms with Crippen LogP contribution in [-0.2, 0) is 10.5 Å². The molecule has 0 radical (unpaired) electrons. The van der Waals surface area contributed by atoms with E-state index in [2.05, 4.69) is 17.4 Å². The van der Waals surface area contributed by atoms with E-state index in [0.29, 0.717) is 21.6 Å². The largest absolute Gasteiger partial charge is 0.349 e. The minimum Gasteiger partial charge on any atom is -0.349 e. The van der Waals surface area contributed by atoms with Gasteiger partial charge >= 0.3 is 0 Å². The van der Waals surface area contributed by atoms with E-state index in [-0.39, 0.29) is 11.9 Å². The quantitative estimate of drug-likeness (QED) is 0.818. The Labute approximate surface area is 150 Å². The third-order valence-corrected chi connectivity index (χ3v) is 5.12. The van der Waals surface area contributed by atoms with Gasteiger partial charge in [0.05, 0.1) is 5.69 Å². The standard InChI is InChI=1S/C17H15ClN2OS2/c18-13-7-4-8-14(9-13)20-16(21)15(19-17(20)22)11-23-10-12-5-2-1-3-6-12/h1-9,15H,10-11H2,(H,19,22). The average molecular weight is 363 g/mol. The van der Waals surface area contributed by atoms with E-state index in [0.717, 1.165) is 5.75 Å². The first kappa shape index (κ1) is 16.3. The predicted molar refractivity (Wildman–Crippen MR) is 101 cm³/mol. The van der Waals surface area contributed by atoms with Crippen molar-refractivity contribution in [3.63, 3.8) is 0 Å². The molecule has 118 valence electrons. The molecule has 1 amide bonds. The summed E-state index contributed by atoms with van der Waals surface area (Å²) in [6, 6.07) is 17.1. The molecule has 23 heavy (non-hydrogen) atoms. The number of rotatable bonds is 5. The van der Waals surface area contributed by atoms with Crippen LogP contribution in [0.15, 0.2) is 54.6 Å². The van der Waals surface area contributed by atoms with Crippen LogP contribution in [-0.4, -0.2) is 22.8 Å². The molecule has 2 aromatic carbocycles. The molecule has 1 unspecified atom stereocenters. The zero-order valence-electron chi connectivity index (χ0n) is 12.2. The van der Waals surface area contributed by atoms with Gasteiger partial charge in [-0.1, -0.05) is 48.0 Å². The van der Waals surface area contributed by atoms with Gasteiger partial charge in [0.15, 0.2) is 5.11 Å². The summed E-state index contributed by atoms with van der Waals surface area (Å²) in [5.74, 6) is 1.51. The summed E-state index contributed by atoms with van der Waals surface area (Å²) >= 11 is 13.0. The summed E-state index contributed by atoms with van der Waals surface area (Å²) in [6.07, 6.45) is 0. The molecule has 1 heterocycles. The molecule has 1 saturated heterocycles. The number of hydrogen-bond donors (Lipinski definition) is 1. The van der Waals surface area contributed by atoms with Crippen molar-refractivity contribution in [2.75, 3.05) is 10.7 Å². The molecule has 3 rings (SSSR count). The van der Waals surface area contributed by atoms with Crippen LogP contribution in [0.5, 0.6) is 0 Å². The van der Waals surface area contributed by atoms with Crippen molar-refractivity contribution in [2.24, 2.45) is 0 Å². The Balaban J connectivity index is 1.62. The van der Waals surface area contributed by atoms with Gasteiger partial charge in [-0.2, -0.15) is 11.8 Å². The van der Waals surface area contributed by atoms with Gasteiger partial charge in [-0.25, -0.2) is 0 Å². The van der Waals surface area contributed by atoms with Crippen LogP contribution in [0.25, 0.3) is 0 Å². The zero-order valence-corrected chi connectivity index (χ0v) is 14.6. The van der Waals surface area contributed by atoms with E-state index < -0.39 is 0 Å². The Kier molecular flexibility index (Phi) is 5.20. The van der Waals surface area contributed by atoms with Crippen molar-refractivity contribution >= 4 is 52.3 Å². The van der Waals surface area contributed by atoms with E-state index >= 15 is 0 Å². The molecule has 2 aromatic rings. The van der Waals surface area contributed by atoms with Gasteiger partial charge in [-0.05, 0) is 36.0 Å².